The van der Waals surface area contributed by atoms with Gasteiger partial charge in [0.05, 0.1) is 11.2 Å². The van der Waals surface area contributed by atoms with Crippen LogP contribution in [0.3, 0.4) is 0 Å². The van der Waals surface area contributed by atoms with Crippen molar-refractivity contribution in [2.45, 2.75) is 0 Å². The van der Waals surface area contributed by atoms with Gasteiger partial charge in [-0.05, 0) is 77.9 Å². The van der Waals surface area contributed by atoms with Crippen LogP contribution in [0.4, 0.5) is 17.1 Å². The fourth-order valence-corrected chi connectivity index (χ4v) is 6.28. The maximum atomic E-state index is 6.76. The van der Waals surface area contributed by atoms with E-state index in [2.05, 4.69) is 125 Å². The Balaban J connectivity index is 1.30. The van der Waals surface area contributed by atoms with Crippen LogP contribution < -0.4 is 4.90 Å². The summed E-state index contributed by atoms with van der Waals surface area (Å²) in [6.07, 6.45) is 1.82. The van der Waals surface area contributed by atoms with E-state index in [9.17, 15) is 0 Å². The molecule has 6 aromatic carbocycles. The predicted octanol–water partition coefficient (Wildman–Crippen LogP) is 11.2. The lowest BCUT2D eigenvalue weighted by molar-refractivity contribution is 0.669. The third kappa shape index (κ3) is 3.74. The zero-order valence-electron chi connectivity index (χ0n) is 23.1. The number of pyridine rings is 1. The minimum atomic E-state index is 0.832. The molecule has 43 heavy (non-hydrogen) atoms. The number of hydrogen-bond acceptors (Lipinski definition) is 4. The van der Waals surface area contributed by atoms with E-state index in [-0.39, 0.29) is 0 Å². The number of hydrogen-bond donors (Lipinski definition) is 0. The Bertz CT molecular complexity index is 2450. The average Bonchev–Trinajstić information content (AvgIpc) is 3.65. The molecule has 3 heterocycles. The number of anilines is 3. The van der Waals surface area contributed by atoms with Gasteiger partial charge < -0.3 is 13.7 Å². The first-order chi connectivity index (χ1) is 21.3. The highest BCUT2D eigenvalue weighted by Crippen LogP contribution is 2.44. The molecule has 0 saturated heterocycles. The number of para-hydroxylation sites is 2. The number of rotatable bonds is 4. The zero-order valence-corrected chi connectivity index (χ0v) is 23.1. The number of aromatic nitrogens is 1. The van der Waals surface area contributed by atoms with Gasteiger partial charge in [-0.25, -0.2) is 0 Å². The van der Waals surface area contributed by atoms with Crippen LogP contribution in [0, 0.1) is 0 Å². The SMILES string of the molecule is c1ccc(-c2ccc(N(c3ccc4oc5ccccc5c4c3)c3cccc4c3oc3c5cccnc5ccc43)cc2)cc1. The van der Waals surface area contributed by atoms with Crippen molar-refractivity contribution in [1.29, 1.82) is 0 Å². The molecule has 0 aliphatic carbocycles. The summed E-state index contributed by atoms with van der Waals surface area (Å²) < 4.78 is 12.9. The molecular weight excluding hydrogens is 528 g/mol. The van der Waals surface area contributed by atoms with Gasteiger partial charge in [-0.2, -0.15) is 0 Å². The maximum Gasteiger partial charge on any atom is 0.159 e. The monoisotopic (exact) mass is 552 g/mol. The van der Waals surface area contributed by atoms with Crippen LogP contribution in [-0.2, 0) is 0 Å². The van der Waals surface area contributed by atoms with Gasteiger partial charge in [0, 0.05) is 44.5 Å². The average molecular weight is 553 g/mol. The van der Waals surface area contributed by atoms with Crippen molar-refractivity contribution in [3.8, 4) is 11.1 Å². The second-order valence-electron chi connectivity index (χ2n) is 10.8. The summed E-state index contributed by atoms with van der Waals surface area (Å²) in [5.74, 6) is 0. The number of nitrogens with zero attached hydrogens (tertiary/aromatic N) is 2. The number of fused-ring (bicyclic) bond motifs is 8. The van der Waals surface area contributed by atoms with Crippen LogP contribution in [-0.4, -0.2) is 4.98 Å². The van der Waals surface area contributed by atoms with Crippen molar-refractivity contribution in [2.24, 2.45) is 0 Å². The summed E-state index contributed by atoms with van der Waals surface area (Å²) in [6.45, 7) is 0. The van der Waals surface area contributed by atoms with Crippen LogP contribution >= 0.6 is 0 Å². The number of benzene rings is 6. The largest absolute Gasteiger partial charge is 0.456 e. The standard InChI is InChI=1S/C39H24N2O2/c1-2-8-25(9-3-1)26-15-17-27(18-16-26)41(28-19-22-37-33(24-28)29-10-4-5-14-36(29)42-37)35-13-6-11-30-31-20-21-34-32(12-7-23-40-34)38(31)43-39(30)35/h1-24H. The third-order valence-electron chi connectivity index (χ3n) is 8.32. The molecule has 4 nitrogen and oxygen atoms in total. The van der Waals surface area contributed by atoms with Crippen LogP contribution in [0.5, 0.6) is 0 Å². The maximum absolute atomic E-state index is 6.76. The molecule has 0 radical (unpaired) electrons. The van der Waals surface area contributed by atoms with Gasteiger partial charge in [0.1, 0.15) is 16.7 Å². The molecule has 4 heteroatoms. The summed E-state index contributed by atoms with van der Waals surface area (Å²) in [4.78, 5) is 6.84. The van der Waals surface area contributed by atoms with E-state index in [4.69, 9.17) is 8.83 Å². The molecule has 0 atom stereocenters. The molecule has 9 aromatic rings. The van der Waals surface area contributed by atoms with Gasteiger partial charge in [0.15, 0.2) is 5.58 Å². The Morgan fingerprint density at radius 3 is 2.07 bits per heavy atom. The zero-order chi connectivity index (χ0) is 28.3. The van der Waals surface area contributed by atoms with Crippen molar-refractivity contribution in [3.05, 3.63) is 146 Å². The fraction of sp³-hybridized carbons (Fsp3) is 0. The summed E-state index contributed by atoms with van der Waals surface area (Å²) in [5, 5.41) is 5.33. The first kappa shape index (κ1) is 23.8. The van der Waals surface area contributed by atoms with Crippen molar-refractivity contribution in [3.63, 3.8) is 0 Å². The molecule has 0 aliphatic rings. The first-order valence-electron chi connectivity index (χ1n) is 14.4. The van der Waals surface area contributed by atoms with Gasteiger partial charge in [0.2, 0.25) is 0 Å². The lowest BCUT2D eigenvalue weighted by Gasteiger charge is -2.26. The van der Waals surface area contributed by atoms with Crippen molar-refractivity contribution < 1.29 is 8.83 Å². The molecule has 9 rings (SSSR count). The fourth-order valence-electron chi connectivity index (χ4n) is 6.28. The second kappa shape index (κ2) is 9.33. The summed E-state index contributed by atoms with van der Waals surface area (Å²) >= 11 is 0. The first-order valence-corrected chi connectivity index (χ1v) is 14.4. The van der Waals surface area contributed by atoms with E-state index in [1.54, 1.807) is 0 Å². The Hall–Kier alpha value is -5.87. The molecule has 0 saturated carbocycles. The summed E-state index contributed by atoms with van der Waals surface area (Å²) in [6, 6.07) is 48.4. The van der Waals surface area contributed by atoms with Gasteiger partial charge in [-0.3, -0.25) is 4.98 Å². The minimum absolute atomic E-state index is 0.832. The molecule has 0 amide bonds. The Morgan fingerprint density at radius 2 is 1.16 bits per heavy atom. The Morgan fingerprint density at radius 1 is 0.442 bits per heavy atom. The predicted molar refractivity (Wildman–Crippen MR) is 176 cm³/mol. The summed E-state index contributed by atoms with van der Waals surface area (Å²) in [7, 11) is 0. The normalized spacial score (nSPS) is 11.7. The van der Waals surface area contributed by atoms with Crippen molar-refractivity contribution in [2.75, 3.05) is 4.90 Å². The molecule has 0 spiro atoms. The van der Waals surface area contributed by atoms with E-state index in [1.165, 1.54) is 11.1 Å². The molecule has 0 fully saturated rings. The molecule has 3 aromatic heterocycles. The van der Waals surface area contributed by atoms with Gasteiger partial charge in [-0.1, -0.05) is 72.8 Å². The van der Waals surface area contributed by atoms with Gasteiger partial charge in [0.25, 0.3) is 0 Å². The van der Waals surface area contributed by atoms with E-state index in [1.807, 2.05) is 30.5 Å². The van der Waals surface area contributed by atoms with Crippen LogP contribution in [0.15, 0.2) is 155 Å². The van der Waals surface area contributed by atoms with Crippen molar-refractivity contribution >= 4 is 71.8 Å². The van der Waals surface area contributed by atoms with Gasteiger partial charge >= 0.3 is 0 Å². The van der Waals surface area contributed by atoms with E-state index in [0.29, 0.717) is 0 Å². The van der Waals surface area contributed by atoms with E-state index >= 15 is 0 Å². The topological polar surface area (TPSA) is 42.4 Å². The van der Waals surface area contributed by atoms with Crippen LogP contribution in [0.25, 0.3) is 65.9 Å². The highest BCUT2D eigenvalue weighted by atomic mass is 16.3. The highest BCUT2D eigenvalue weighted by Gasteiger charge is 2.21. The smallest absolute Gasteiger partial charge is 0.159 e. The molecule has 0 bridgehead atoms. The molecular formula is C39H24N2O2. The van der Waals surface area contributed by atoms with E-state index in [0.717, 1.165) is 71.8 Å². The summed E-state index contributed by atoms with van der Waals surface area (Å²) in [5.41, 5.74) is 9.72. The molecule has 0 aliphatic heterocycles. The second-order valence-corrected chi connectivity index (χ2v) is 10.8. The van der Waals surface area contributed by atoms with Crippen molar-refractivity contribution in [1.82, 2.24) is 4.98 Å². The van der Waals surface area contributed by atoms with Crippen LogP contribution in [0.1, 0.15) is 0 Å². The number of furan rings is 2. The van der Waals surface area contributed by atoms with Gasteiger partial charge in [-0.15, -0.1) is 0 Å². The Kier molecular flexibility index (Phi) is 5.16. The lowest BCUT2D eigenvalue weighted by Crippen LogP contribution is -2.10. The minimum Gasteiger partial charge on any atom is -0.456 e. The molecule has 0 unspecified atom stereocenters. The van der Waals surface area contributed by atoms with Crippen LogP contribution in [0.2, 0.25) is 0 Å². The lowest BCUT2D eigenvalue weighted by atomic mass is 10.0. The highest BCUT2D eigenvalue weighted by molar-refractivity contribution is 6.17. The molecule has 0 N–H and O–H groups in total. The Labute approximate surface area is 247 Å². The molecule has 202 valence electrons. The quantitative estimate of drug-likeness (QED) is 0.218. The van der Waals surface area contributed by atoms with E-state index < -0.39 is 0 Å². The third-order valence-corrected chi connectivity index (χ3v) is 8.32.